The standard InChI is InChI=1S/C19H13ClN4O/c20-17-6-2-5-15(8-17)18(25)16-11-23-19(24-12-16)22-10-14-4-1-3-13(7-14)9-21/h1-8,11-12H,10H2,(H,22,23,24). The highest BCUT2D eigenvalue weighted by molar-refractivity contribution is 6.31. The first kappa shape index (κ1) is 16.6. The van der Waals surface area contributed by atoms with Crippen molar-refractivity contribution in [3.63, 3.8) is 0 Å². The van der Waals surface area contributed by atoms with Gasteiger partial charge in [-0.3, -0.25) is 4.79 Å². The number of aromatic nitrogens is 2. The monoisotopic (exact) mass is 348 g/mol. The molecule has 3 rings (SSSR count). The van der Waals surface area contributed by atoms with Crippen molar-refractivity contribution in [1.82, 2.24) is 9.97 Å². The van der Waals surface area contributed by atoms with Gasteiger partial charge in [-0.2, -0.15) is 5.26 Å². The Morgan fingerprint density at radius 3 is 2.56 bits per heavy atom. The molecule has 0 bridgehead atoms. The molecule has 0 saturated carbocycles. The number of hydrogen-bond acceptors (Lipinski definition) is 5. The van der Waals surface area contributed by atoms with Crippen LogP contribution in [0.4, 0.5) is 5.95 Å². The second-order valence-corrected chi connectivity index (χ2v) is 5.74. The molecule has 0 atom stereocenters. The Balaban J connectivity index is 1.68. The molecule has 6 heteroatoms. The van der Waals surface area contributed by atoms with Crippen LogP contribution in [0.5, 0.6) is 0 Å². The average Bonchev–Trinajstić information content (AvgIpc) is 2.66. The lowest BCUT2D eigenvalue weighted by Crippen LogP contribution is -2.07. The molecule has 3 aromatic rings. The van der Waals surface area contributed by atoms with E-state index >= 15 is 0 Å². The van der Waals surface area contributed by atoms with Crippen molar-refractivity contribution in [3.8, 4) is 6.07 Å². The summed E-state index contributed by atoms with van der Waals surface area (Å²) in [6.45, 7) is 0.483. The maximum Gasteiger partial charge on any atom is 0.222 e. The van der Waals surface area contributed by atoms with Crippen molar-refractivity contribution in [2.24, 2.45) is 0 Å². The van der Waals surface area contributed by atoms with Crippen molar-refractivity contribution in [3.05, 3.63) is 88.2 Å². The van der Waals surface area contributed by atoms with Gasteiger partial charge in [-0.25, -0.2) is 9.97 Å². The SMILES string of the molecule is N#Cc1cccc(CNc2ncc(C(=O)c3cccc(Cl)c3)cn2)c1. The first-order valence-corrected chi connectivity index (χ1v) is 7.89. The number of hydrogen-bond donors (Lipinski definition) is 1. The molecule has 0 amide bonds. The number of carbonyl (C=O) groups is 1. The number of rotatable bonds is 5. The molecule has 0 aliphatic rings. The molecule has 2 aromatic carbocycles. The third-order valence-electron chi connectivity index (χ3n) is 3.51. The molecular weight excluding hydrogens is 336 g/mol. The molecule has 0 aliphatic heterocycles. The highest BCUT2D eigenvalue weighted by atomic mass is 35.5. The lowest BCUT2D eigenvalue weighted by Gasteiger charge is -2.06. The van der Waals surface area contributed by atoms with Gasteiger partial charge in [-0.15, -0.1) is 0 Å². The zero-order chi connectivity index (χ0) is 17.6. The highest BCUT2D eigenvalue weighted by Gasteiger charge is 2.10. The molecule has 0 radical (unpaired) electrons. The van der Waals surface area contributed by atoms with Crippen LogP contribution in [0.2, 0.25) is 5.02 Å². The van der Waals surface area contributed by atoms with Crippen LogP contribution >= 0.6 is 11.6 Å². The van der Waals surface area contributed by atoms with Crippen molar-refractivity contribution in [2.45, 2.75) is 6.54 Å². The maximum absolute atomic E-state index is 12.4. The molecule has 1 aromatic heterocycles. The summed E-state index contributed by atoms with van der Waals surface area (Å²) in [6, 6.07) is 16.1. The fourth-order valence-electron chi connectivity index (χ4n) is 2.26. The second kappa shape index (κ2) is 7.56. The summed E-state index contributed by atoms with van der Waals surface area (Å²) in [5.74, 6) is 0.223. The van der Waals surface area contributed by atoms with E-state index in [4.69, 9.17) is 16.9 Å². The summed E-state index contributed by atoms with van der Waals surface area (Å²) in [4.78, 5) is 20.7. The van der Waals surface area contributed by atoms with Gasteiger partial charge >= 0.3 is 0 Å². The maximum atomic E-state index is 12.4. The van der Waals surface area contributed by atoms with E-state index < -0.39 is 0 Å². The largest absolute Gasteiger partial charge is 0.350 e. The Morgan fingerprint density at radius 2 is 1.84 bits per heavy atom. The molecule has 1 heterocycles. The van der Waals surface area contributed by atoms with E-state index in [-0.39, 0.29) is 5.78 Å². The smallest absolute Gasteiger partial charge is 0.222 e. The normalized spacial score (nSPS) is 10.1. The molecule has 1 N–H and O–H groups in total. The Hall–Kier alpha value is -3.23. The van der Waals surface area contributed by atoms with Crippen LogP contribution in [0.3, 0.4) is 0 Å². The fraction of sp³-hybridized carbons (Fsp3) is 0.0526. The molecule has 0 unspecified atom stereocenters. The van der Waals surface area contributed by atoms with E-state index in [1.165, 1.54) is 12.4 Å². The van der Waals surface area contributed by atoms with Crippen LogP contribution in [0.25, 0.3) is 0 Å². The van der Waals surface area contributed by atoms with Crippen molar-refractivity contribution in [1.29, 1.82) is 5.26 Å². The molecule has 122 valence electrons. The van der Waals surface area contributed by atoms with Gasteiger partial charge < -0.3 is 5.32 Å². The van der Waals surface area contributed by atoms with Crippen molar-refractivity contribution in [2.75, 3.05) is 5.32 Å². The molecule has 25 heavy (non-hydrogen) atoms. The van der Waals surface area contributed by atoms with Crippen LogP contribution in [-0.2, 0) is 6.54 Å². The summed E-state index contributed by atoms with van der Waals surface area (Å²) < 4.78 is 0. The van der Waals surface area contributed by atoms with Gasteiger partial charge in [0.25, 0.3) is 0 Å². The van der Waals surface area contributed by atoms with E-state index in [0.717, 1.165) is 5.56 Å². The van der Waals surface area contributed by atoms with Gasteiger partial charge in [0.2, 0.25) is 5.95 Å². The Kier molecular flexibility index (Phi) is 5.03. The summed E-state index contributed by atoms with van der Waals surface area (Å²) in [6.07, 6.45) is 2.95. The van der Waals surface area contributed by atoms with E-state index in [2.05, 4.69) is 21.4 Å². The number of nitrogens with one attached hydrogen (secondary N) is 1. The van der Waals surface area contributed by atoms with Crippen molar-refractivity contribution >= 4 is 23.3 Å². The minimum absolute atomic E-state index is 0.184. The Morgan fingerprint density at radius 1 is 1.08 bits per heavy atom. The minimum Gasteiger partial charge on any atom is -0.350 e. The topological polar surface area (TPSA) is 78.7 Å². The minimum atomic E-state index is -0.184. The molecule has 0 spiro atoms. The van der Waals surface area contributed by atoms with Crippen LogP contribution in [0.1, 0.15) is 27.0 Å². The first-order chi connectivity index (χ1) is 12.2. The van der Waals surface area contributed by atoms with Crippen LogP contribution in [0.15, 0.2) is 60.9 Å². The van der Waals surface area contributed by atoms with E-state index in [0.29, 0.717) is 34.2 Å². The average molecular weight is 349 g/mol. The van der Waals surface area contributed by atoms with E-state index in [1.807, 2.05) is 12.1 Å². The quantitative estimate of drug-likeness (QED) is 0.708. The van der Waals surface area contributed by atoms with Gasteiger partial charge in [-0.1, -0.05) is 35.9 Å². The van der Waals surface area contributed by atoms with Crippen LogP contribution in [-0.4, -0.2) is 15.8 Å². The third-order valence-corrected chi connectivity index (χ3v) is 3.74. The molecule has 0 saturated heterocycles. The van der Waals surface area contributed by atoms with E-state index in [9.17, 15) is 4.79 Å². The molecule has 5 nitrogen and oxygen atoms in total. The van der Waals surface area contributed by atoms with Gasteiger partial charge in [0.1, 0.15) is 0 Å². The van der Waals surface area contributed by atoms with Gasteiger partial charge in [-0.05, 0) is 29.8 Å². The number of ketones is 1. The van der Waals surface area contributed by atoms with Crippen LogP contribution in [0, 0.1) is 11.3 Å². The lowest BCUT2D eigenvalue weighted by atomic mass is 10.1. The zero-order valence-electron chi connectivity index (χ0n) is 13.1. The molecule has 0 fully saturated rings. The molecule has 0 aliphatic carbocycles. The number of benzene rings is 2. The van der Waals surface area contributed by atoms with Crippen molar-refractivity contribution < 1.29 is 4.79 Å². The number of anilines is 1. The summed E-state index contributed by atoms with van der Waals surface area (Å²) in [5.41, 5.74) is 2.42. The second-order valence-electron chi connectivity index (χ2n) is 5.30. The Labute approximate surface area is 149 Å². The fourth-order valence-corrected chi connectivity index (χ4v) is 2.46. The zero-order valence-corrected chi connectivity index (χ0v) is 13.9. The number of nitriles is 1. The highest BCUT2D eigenvalue weighted by Crippen LogP contribution is 2.15. The van der Waals surface area contributed by atoms with Gasteiger partial charge in [0.15, 0.2) is 5.78 Å². The van der Waals surface area contributed by atoms with E-state index in [1.54, 1.807) is 36.4 Å². The number of carbonyl (C=O) groups excluding carboxylic acids is 1. The Bertz CT molecular complexity index is 948. The first-order valence-electron chi connectivity index (χ1n) is 7.51. The summed E-state index contributed by atoms with van der Waals surface area (Å²) in [5, 5.41) is 12.5. The predicted octanol–water partition coefficient (Wildman–Crippen LogP) is 3.84. The predicted molar refractivity (Wildman–Crippen MR) is 95.4 cm³/mol. The molecular formula is C19H13ClN4O. The summed E-state index contributed by atoms with van der Waals surface area (Å²) >= 11 is 5.91. The van der Waals surface area contributed by atoms with Crippen LogP contribution < -0.4 is 5.32 Å². The van der Waals surface area contributed by atoms with Gasteiger partial charge in [0, 0.05) is 29.5 Å². The summed E-state index contributed by atoms with van der Waals surface area (Å²) in [7, 11) is 0. The number of halogens is 1. The number of nitrogens with zero attached hydrogens (tertiary/aromatic N) is 3. The third kappa shape index (κ3) is 4.19. The lowest BCUT2D eigenvalue weighted by molar-refractivity contribution is 0.103. The van der Waals surface area contributed by atoms with Gasteiger partial charge in [0.05, 0.1) is 17.2 Å².